The van der Waals surface area contributed by atoms with E-state index in [0.29, 0.717) is 5.16 Å². The van der Waals surface area contributed by atoms with Gasteiger partial charge in [-0.1, -0.05) is 11.8 Å². The van der Waals surface area contributed by atoms with Crippen molar-refractivity contribution in [3.05, 3.63) is 0 Å². The van der Waals surface area contributed by atoms with Crippen molar-refractivity contribution in [3.8, 4) is 0 Å². The average molecular weight is 217 g/mol. The molecule has 0 bridgehead atoms. The lowest BCUT2D eigenvalue weighted by molar-refractivity contribution is -0.118. The summed E-state index contributed by atoms with van der Waals surface area (Å²) in [5.41, 5.74) is 0. The van der Waals surface area contributed by atoms with Crippen LogP contribution < -0.4 is 5.32 Å². The highest BCUT2D eigenvalue weighted by Crippen LogP contribution is 2.10. The highest BCUT2D eigenvalue weighted by atomic mass is 32.2. The molecule has 8 heteroatoms. The van der Waals surface area contributed by atoms with E-state index in [-0.39, 0.29) is 24.8 Å². The molecule has 2 N–H and O–H groups in total. The van der Waals surface area contributed by atoms with Crippen molar-refractivity contribution in [3.63, 3.8) is 0 Å². The van der Waals surface area contributed by atoms with E-state index in [1.54, 1.807) is 7.05 Å². The summed E-state index contributed by atoms with van der Waals surface area (Å²) < 4.78 is 1.49. The summed E-state index contributed by atoms with van der Waals surface area (Å²) >= 11 is 1.25. The first-order valence-electron chi connectivity index (χ1n) is 3.96. The third kappa shape index (κ3) is 3.30. The normalized spacial score (nSPS) is 10.1. The fourth-order valence-corrected chi connectivity index (χ4v) is 1.40. The number of aliphatic hydroxyl groups is 1. The summed E-state index contributed by atoms with van der Waals surface area (Å²) in [6.07, 6.45) is 0. The van der Waals surface area contributed by atoms with E-state index in [0.717, 1.165) is 0 Å². The third-order valence-corrected chi connectivity index (χ3v) is 2.36. The predicted octanol–water partition coefficient (Wildman–Crippen LogP) is -1.59. The van der Waals surface area contributed by atoms with Gasteiger partial charge in [-0.25, -0.2) is 4.68 Å². The molecule has 0 aliphatic carbocycles. The Morgan fingerprint density at radius 2 is 2.50 bits per heavy atom. The Morgan fingerprint density at radius 3 is 3.07 bits per heavy atom. The van der Waals surface area contributed by atoms with Gasteiger partial charge in [0, 0.05) is 13.6 Å². The van der Waals surface area contributed by atoms with Gasteiger partial charge < -0.3 is 10.4 Å². The van der Waals surface area contributed by atoms with Crippen molar-refractivity contribution in [2.24, 2.45) is 7.05 Å². The molecule has 1 amide bonds. The topological polar surface area (TPSA) is 92.9 Å². The largest absolute Gasteiger partial charge is 0.395 e. The molecule has 7 nitrogen and oxygen atoms in total. The molecule has 0 saturated carbocycles. The van der Waals surface area contributed by atoms with Gasteiger partial charge in [0.1, 0.15) is 0 Å². The van der Waals surface area contributed by atoms with Crippen LogP contribution in [0.5, 0.6) is 0 Å². The van der Waals surface area contributed by atoms with E-state index in [1.165, 1.54) is 16.4 Å². The van der Waals surface area contributed by atoms with Crippen LogP contribution >= 0.6 is 11.8 Å². The first kappa shape index (κ1) is 10.9. The van der Waals surface area contributed by atoms with Crippen LogP contribution in [0.4, 0.5) is 0 Å². The SMILES string of the molecule is Cn1nnnc1SCC(=O)NCCO. The number of aliphatic hydroxyl groups excluding tert-OH is 1. The van der Waals surface area contributed by atoms with Crippen LogP contribution in [-0.4, -0.2) is 50.1 Å². The lowest BCUT2D eigenvalue weighted by Crippen LogP contribution is -2.28. The van der Waals surface area contributed by atoms with Crippen LogP contribution in [0, 0.1) is 0 Å². The van der Waals surface area contributed by atoms with Gasteiger partial charge in [-0.2, -0.15) is 0 Å². The summed E-state index contributed by atoms with van der Waals surface area (Å²) in [7, 11) is 1.70. The van der Waals surface area contributed by atoms with Crippen molar-refractivity contribution in [1.29, 1.82) is 0 Å². The second-order valence-corrected chi connectivity index (χ2v) is 3.39. The Hall–Kier alpha value is -1.15. The van der Waals surface area contributed by atoms with Crippen LogP contribution in [0.2, 0.25) is 0 Å². The Balaban J connectivity index is 2.27. The molecule has 1 aromatic rings. The Kier molecular flexibility index (Phi) is 4.33. The van der Waals surface area contributed by atoms with Gasteiger partial charge in [-0.3, -0.25) is 4.79 Å². The van der Waals surface area contributed by atoms with Gasteiger partial charge in [0.25, 0.3) is 0 Å². The second-order valence-electron chi connectivity index (χ2n) is 2.45. The predicted molar refractivity (Wildman–Crippen MR) is 49.6 cm³/mol. The number of aryl methyl sites for hydroxylation is 1. The molecule has 0 saturated heterocycles. The molecule has 1 heterocycles. The molecule has 0 spiro atoms. The lowest BCUT2D eigenvalue weighted by Gasteiger charge is -2.01. The Labute approximate surface area is 84.9 Å². The van der Waals surface area contributed by atoms with E-state index >= 15 is 0 Å². The van der Waals surface area contributed by atoms with Crippen LogP contribution in [0.3, 0.4) is 0 Å². The third-order valence-electron chi connectivity index (χ3n) is 1.35. The summed E-state index contributed by atoms with van der Waals surface area (Å²) in [5.74, 6) is 0.0980. The van der Waals surface area contributed by atoms with Crippen LogP contribution in [0.25, 0.3) is 0 Å². The molecule has 78 valence electrons. The average Bonchev–Trinajstić information content (AvgIpc) is 2.58. The second kappa shape index (κ2) is 5.55. The van der Waals surface area contributed by atoms with Gasteiger partial charge in [0.05, 0.1) is 12.4 Å². The number of thioether (sulfide) groups is 1. The number of hydrogen-bond acceptors (Lipinski definition) is 6. The molecule has 0 aliphatic rings. The minimum atomic E-state index is -0.146. The number of rotatable bonds is 5. The Bertz CT molecular complexity index is 302. The molecule has 0 aliphatic heterocycles. The summed E-state index contributed by atoms with van der Waals surface area (Å²) in [5, 5.41) is 22.3. The number of carbonyl (C=O) groups is 1. The number of tetrazole rings is 1. The Morgan fingerprint density at radius 1 is 1.71 bits per heavy atom. The first-order chi connectivity index (χ1) is 6.74. The van der Waals surface area contributed by atoms with Crippen molar-refractivity contribution < 1.29 is 9.90 Å². The number of hydrogen-bond donors (Lipinski definition) is 2. The van der Waals surface area contributed by atoms with E-state index in [9.17, 15) is 4.79 Å². The maximum Gasteiger partial charge on any atom is 0.230 e. The van der Waals surface area contributed by atoms with Crippen molar-refractivity contribution in [2.75, 3.05) is 18.9 Å². The van der Waals surface area contributed by atoms with Gasteiger partial charge >= 0.3 is 0 Å². The highest BCUT2D eigenvalue weighted by Gasteiger charge is 2.06. The van der Waals surface area contributed by atoms with Crippen LogP contribution in [-0.2, 0) is 11.8 Å². The van der Waals surface area contributed by atoms with E-state index < -0.39 is 0 Å². The minimum absolute atomic E-state index is 0.0536. The molecule has 0 unspecified atom stereocenters. The zero-order chi connectivity index (χ0) is 10.4. The lowest BCUT2D eigenvalue weighted by atomic mass is 10.6. The smallest absolute Gasteiger partial charge is 0.230 e. The standard InChI is InChI=1S/C6H11N5O2S/c1-11-6(8-9-10-11)14-4-5(13)7-2-3-12/h12H,2-4H2,1H3,(H,7,13). The summed E-state index contributed by atoms with van der Waals surface area (Å²) in [6.45, 7) is 0.221. The summed E-state index contributed by atoms with van der Waals surface area (Å²) in [6, 6.07) is 0. The van der Waals surface area contributed by atoms with E-state index in [4.69, 9.17) is 5.11 Å². The van der Waals surface area contributed by atoms with Gasteiger partial charge in [-0.15, -0.1) is 5.10 Å². The van der Waals surface area contributed by atoms with Crippen LogP contribution in [0.15, 0.2) is 5.16 Å². The molecule has 0 fully saturated rings. The first-order valence-corrected chi connectivity index (χ1v) is 4.95. The molecular formula is C6H11N5O2S. The maximum absolute atomic E-state index is 11.1. The van der Waals surface area contributed by atoms with Crippen LogP contribution in [0.1, 0.15) is 0 Å². The number of carbonyl (C=O) groups excluding carboxylic acids is 1. The van der Waals surface area contributed by atoms with Gasteiger partial charge in [0.2, 0.25) is 11.1 Å². The monoisotopic (exact) mass is 217 g/mol. The quantitative estimate of drug-likeness (QED) is 0.578. The fourth-order valence-electron chi connectivity index (χ4n) is 0.720. The molecular weight excluding hydrogens is 206 g/mol. The number of aromatic nitrogens is 4. The summed E-state index contributed by atoms with van der Waals surface area (Å²) in [4.78, 5) is 11.1. The van der Waals surface area contributed by atoms with E-state index in [2.05, 4.69) is 20.8 Å². The van der Waals surface area contributed by atoms with Gasteiger partial charge in [0.15, 0.2) is 0 Å². The minimum Gasteiger partial charge on any atom is -0.395 e. The molecule has 0 aromatic carbocycles. The van der Waals surface area contributed by atoms with Crippen molar-refractivity contribution >= 4 is 17.7 Å². The van der Waals surface area contributed by atoms with Crippen molar-refractivity contribution in [2.45, 2.75) is 5.16 Å². The van der Waals surface area contributed by atoms with Gasteiger partial charge in [-0.05, 0) is 10.4 Å². The number of amides is 1. The fraction of sp³-hybridized carbons (Fsp3) is 0.667. The molecule has 0 atom stereocenters. The molecule has 0 radical (unpaired) electrons. The maximum atomic E-state index is 11.1. The highest BCUT2D eigenvalue weighted by molar-refractivity contribution is 7.99. The van der Waals surface area contributed by atoms with Crippen molar-refractivity contribution in [1.82, 2.24) is 25.5 Å². The zero-order valence-corrected chi connectivity index (χ0v) is 8.49. The molecule has 1 rings (SSSR count). The molecule has 1 aromatic heterocycles. The molecule has 14 heavy (non-hydrogen) atoms. The van der Waals surface area contributed by atoms with E-state index in [1.807, 2.05) is 0 Å². The number of nitrogens with one attached hydrogen (secondary N) is 1. The zero-order valence-electron chi connectivity index (χ0n) is 7.67. The number of nitrogens with zero attached hydrogens (tertiary/aromatic N) is 4.